The van der Waals surface area contributed by atoms with Crippen molar-refractivity contribution < 1.29 is 0 Å². The number of aryl methyl sites for hydroxylation is 1. The van der Waals surface area contributed by atoms with E-state index in [2.05, 4.69) is 127 Å². The molecule has 0 amide bonds. The van der Waals surface area contributed by atoms with Gasteiger partial charge in [0.25, 0.3) is 0 Å². The largest absolute Gasteiger partial charge is 0.292 e. The molecule has 0 fully saturated rings. The summed E-state index contributed by atoms with van der Waals surface area (Å²) >= 11 is 0. The molecule has 0 aliphatic rings. The summed E-state index contributed by atoms with van der Waals surface area (Å²) in [4.78, 5) is 15.2. The first kappa shape index (κ1) is 25.8. The lowest BCUT2D eigenvalue weighted by Gasteiger charge is -2.12. The summed E-state index contributed by atoms with van der Waals surface area (Å²) in [5.74, 6) is 1.61. The second-order valence-electron chi connectivity index (χ2n) is 11.1. The van der Waals surface area contributed by atoms with Crippen LogP contribution in [0.1, 0.15) is 5.56 Å². The Morgan fingerprint density at radius 2 is 1.07 bits per heavy atom. The Balaban J connectivity index is 1.26. The van der Waals surface area contributed by atoms with E-state index >= 15 is 0 Å². The highest BCUT2D eigenvalue weighted by Crippen LogP contribution is 2.33. The van der Waals surface area contributed by atoms with Gasteiger partial charge in [-0.15, -0.1) is 0 Å². The van der Waals surface area contributed by atoms with Gasteiger partial charge < -0.3 is 0 Å². The van der Waals surface area contributed by atoms with Crippen LogP contribution < -0.4 is 0 Å². The van der Waals surface area contributed by atoms with E-state index in [0.29, 0.717) is 5.82 Å². The Bertz CT molecular complexity index is 2210. The topological polar surface area (TPSA) is 43.6 Å². The monoisotopic (exact) mass is 564 g/mol. The van der Waals surface area contributed by atoms with Crippen LogP contribution in [0, 0.1) is 6.92 Å². The molecule has 0 radical (unpaired) electrons. The molecule has 0 N–H and O–H groups in total. The van der Waals surface area contributed by atoms with Crippen molar-refractivity contribution in [1.29, 1.82) is 0 Å². The maximum Gasteiger partial charge on any atom is 0.160 e. The molecule has 208 valence electrons. The zero-order chi connectivity index (χ0) is 29.5. The normalized spacial score (nSPS) is 11.3. The van der Waals surface area contributed by atoms with Crippen LogP contribution in [-0.4, -0.2) is 19.5 Å². The molecule has 2 heterocycles. The van der Waals surface area contributed by atoms with Crippen LogP contribution >= 0.6 is 0 Å². The lowest BCUT2D eigenvalue weighted by Crippen LogP contribution is -1.99. The number of imidazole rings is 1. The Kier molecular flexibility index (Phi) is 6.31. The van der Waals surface area contributed by atoms with E-state index in [-0.39, 0.29) is 0 Å². The number of nitrogens with zero attached hydrogens (tertiary/aromatic N) is 4. The number of hydrogen-bond acceptors (Lipinski definition) is 3. The van der Waals surface area contributed by atoms with Crippen LogP contribution in [0.25, 0.3) is 72.8 Å². The highest BCUT2D eigenvalue weighted by atomic mass is 15.1. The van der Waals surface area contributed by atoms with Gasteiger partial charge in [-0.1, -0.05) is 103 Å². The summed E-state index contributed by atoms with van der Waals surface area (Å²) in [7, 11) is 0. The molecule has 0 saturated carbocycles. The van der Waals surface area contributed by atoms with Crippen molar-refractivity contribution in [1.82, 2.24) is 19.5 Å². The zero-order valence-electron chi connectivity index (χ0n) is 24.2. The molecule has 0 atom stereocenters. The fourth-order valence-corrected chi connectivity index (χ4v) is 5.82. The third kappa shape index (κ3) is 4.73. The first-order chi connectivity index (χ1) is 21.7. The first-order valence-corrected chi connectivity index (χ1v) is 14.8. The number of benzene rings is 6. The van der Waals surface area contributed by atoms with E-state index in [0.717, 1.165) is 56.2 Å². The fourth-order valence-electron chi connectivity index (χ4n) is 5.82. The second-order valence-corrected chi connectivity index (χ2v) is 11.1. The molecule has 0 bridgehead atoms. The van der Waals surface area contributed by atoms with E-state index in [1.807, 2.05) is 36.4 Å². The molecule has 2 aromatic heterocycles. The molecule has 4 heteroatoms. The van der Waals surface area contributed by atoms with Gasteiger partial charge in [0, 0.05) is 27.9 Å². The van der Waals surface area contributed by atoms with Crippen LogP contribution in [0.15, 0.2) is 152 Å². The third-order valence-corrected chi connectivity index (χ3v) is 8.07. The van der Waals surface area contributed by atoms with Crippen molar-refractivity contribution >= 4 is 21.8 Å². The minimum atomic E-state index is 0.692. The van der Waals surface area contributed by atoms with Gasteiger partial charge in [-0.3, -0.25) is 4.57 Å². The SMILES string of the molecule is Cc1ccc2c(c1)nc(-c1ccc3ccccc3c1)n2-c1ccc(-c2nc(-c3ccccc3)cc(-c3ccccc3)n2)cc1. The van der Waals surface area contributed by atoms with Crippen LogP contribution in [0.4, 0.5) is 0 Å². The average molecular weight is 565 g/mol. The molecule has 8 rings (SSSR count). The Morgan fingerprint density at radius 3 is 1.75 bits per heavy atom. The van der Waals surface area contributed by atoms with E-state index in [1.165, 1.54) is 16.3 Å². The maximum absolute atomic E-state index is 5.14. The average Bonchev–Trinajstić information content (AvgIpc) is 3.47. The molecule has 0 aliphatic heterocycles. The second kappa shape index (κ2) is 10.8. The Morgan fingerprint density at radius 1 is 0.455 bits per heavy atom. The molecule has 0 unspecified atom stereocenters. The van der Waals surface area contributed by atoms with Gasteiger partial charge >= 0.3 is 0 Å². The number of aromatic nitrogens is 4. The molecule has 6 aromatic carbocycles. The van der Waals surface area contributed by atoms with Crippen molar-refractivity contribution in [2.75, 3.05) is 0 Å². The van der Waals surface area contributed by atoms with Gasteiger partial charge in [0.1, 0.15) is 5.82 Å². The smallest absolute Gasteiger partial charge is 0.160 e. The minimum Gasteiger partial charge on any atom is -0.292 e. The molecular formula is C40H28N4. The Labute approximate surface area is 256 Å². The quantitative estimate of drug-likeness (QED) is 0.209. The number of rotatable bonds is 5. The van der Waals surface area contributed by atoms with Crippen LogP contribution in [-0.2, 0) is 0 Å². The van der Waals surface area contributed by atoms with E-state index in [4.69, 9.17) is 15.0 Å². The van der Waals surface area contributed by atoms with Crippen molar-refractivity contribution in [3.63, 3.8) is 0 Å². The maximum atomic E-state index is 5.14. The van der Waals surface area contributed by atoms with Gasteiger partial charge in [-0.05, 0) is 71.8 Å². The summed E-state index contributed by atoms with van der Waals surface area (Å²) < 4.78 is 2.25. The number of fused-ring (bicyclic) bond motifs is 2. The van der Waals surface area contributed by atoms with Gasteiger partial charge in [-0.25, -0.2) is 15.0 Å². The molecule has 0 saturated heterocycles. The van der Waals surface area contributed by atoms with Crippen molar-refractivity contribution in [2.45, 2.75) is 6.92 Å². The van der Waals surface area contributed by atoms with Gasteiger partial charge in [0.15, 0.2) is 5.82 Å². The third-order valence-electron chi connectivity index (χ3n) is 8.07. The van der Waals surface area contributed by atoms with E-state index in [9.17, 15) is 0 Å². The number of hydrogen-bond donors (Lipinski definition) is 0. The van der Waals surface area contributed by atoms with E-state index < -0.39 is 0 Å². The summed E-state index contributed by atoms with van der Waals surface area (Å²) in [6.07, 6.45) is 0. The Hall–Kier alpha value is -5.87. The minimum absolute atomic E-state index is 0.692. The van der Waals surface area contributed by atoms with Crippen LogP contribution in [0.2, 0.25) is 0 Å². The lowest BCUT2D eigenvalue weighted by atomic mass is 10.1. The van der Waals surface area contributed by atoms with Crippen molar-refractivity contribution in [3.05, 3.63) is 157 Å². The van der Waals surface area contributed by atoms with Crippen LogP contribution in [0.5, 0.6) is 0 Å². The van der Waals surface area contributed by atoms with E-state index in [1.54, 1.807) is 0 Å². The highest BCUT2D eigenvalue weighted by Gasteiger charge is 2.16. The molecule has 4 nitrogen and oxygen atoms in total. The van der Waals surface area contributed by atoms with Crippen molar-refractivity contribution in [3.8, 4) is 51.0 Å². The predicted octanol–water partition coefficient (Wildman–Crippen LogP) is 9.95. The molecule has 8 aromatic rings. The lowest BCUT2D eigenvalue weighted by molar-refractivity contribution is 1.10. The van der Waals surface area contributed by atoms with Gasteiger partial charge in [0.05, 0.1) is 22.4 Å². The first-order valence-electron chi connectivity index (χ1n) is 14.8. The fraction of sp³-hybridized carbons (Fsp3) is 0.0250. The highest BCUT2D eigenvalue weighted by molar-refractivity contribution is 5.89. The predicted molar refractivity (Wildman–Crippen MR) is 181 cm³/mol. The molecular weight excluding hydrogens is 536 g/mol. The molecule has 44 heavy (non-hydrogen) atoms. The summed E-state index contributed by atoms with van der Waals surface area (Å²) in [6.45, 7) is 2.11. The molecule has 0 spiro atoms. The summed E-state index contributed by atoms with van der Waals surface area (Å²) in [6, 6.07) is 52.6. The molecule has 0 aliphatic carbocycles. The standard InChI is InChI=1S/C40H28N4/c1-27-16-23-38-37(24-27)43-40(33-18-17-28-10-8-9-15-32(28)25-33)44(38)34-21-19-31(20-22-34)39-41-35(29-11-4-2-5-12-29)26-36(42-39)30-13-6-3-7-14-30/h2-26H,1H3. The van der Waals surface area contributed by atoms with Gasteiger partial charge in [0.2, 0.25) is 0 Å². The zero-order valence-corrected chi connectivity index (χ0v) is 24.2. The van der Waals surface area contributed by atoms with Crippen LogP contribution in [0.3, 0.4) is 0 Å². The summed E-state index contributed by atoms with van der Waals surface area (Å²) in [5.41, 5.74) is 10.2. The van der Waals surface area contributed by atoms with Gasteiger partial charge in [-0.2, -0.15) is 0 Å². The summed E-state index contributed by atoms with van der Waals surface area (Å²) in [5, 5.41) is 2.41. The van der Waals surface area contributed by atoms with Crippen molar-refractivity contribution in [2.24, 2.45) is 0 Å².